The van der Waals surface area contributed by atoms with Gasteiger partial charge in [0.2, 0.25) is 5.82 Å². The molecule has 0 aliphatic carbocycles. The number of aromatic nitrogens is 2. The molecule has 3 nitrogen and oxygen atoms in total. The normalized spacial score (nSPS) is 11.0. The van der Waals surface area contributed by atoms with Crippen molar-refractivity contribution in [1.82, 2.24) is 9.97 Å². The zero-order valence-corrected chi connectivity index (χ0v) is 16.4. The summed E-state index contributed by atoms with van der Waals surface area (Å²) in [5.41, 5.74) is 1.08. The van der Waals surface area contributed by atoms with E-state index < -0.39 is 11.6 Å². The maximum atomic E-state index is 14.4. The minimum Gasteiger partial charge on any atom is -0.490 e. The largest absolute Gasteiger partial charge is 0.490 e. The Labute approximate surface area is 161 Å². The van der Waals surface area contributed by atoms with Crippen molar-refractivity contribution in [3.8, 4) is 17.1 Å². The molecule has 2 aromatic rings. The summed E-state index contributed by atoms with van der Waals surface area (Å²) < 4.78 is 34.1. The topological polar surface area (TPSA) is 35.0 Å². The van der Waals surface area contributed by atoms with Gasteiger partial charge in [-0.25, -0.2) is 14.4 Å². The van der Waals surface area contributed by atoms with Crippen LogP contribution in [0.15, 0.2) is 24.5 Å². The van der Waals surface area contributed by atoms with Gasteiger partial charge in [0.15, 0.2) is 17.4 Å². The van der Waals surface area contributed by atoms with Crippen LogP contribution in [-0.2, 0) is 6.42 Å². The Morgan fingerprint density at radius 1 is 0.815 bits per heavy atom. The number of hydrogen-bond donors (Lipinski definition) is 0. The van der Waals surface area contributed by atoms with Crippen LogP contribution in [0.1, 0.15) is 70.8 Å². The van der Waals surface area contributed by atoms with Crippen molar-refractivity contribution in [3.63, 3.8) is 0 Å². The molecule has 1 aromatic carbocycles. The van der Waals surface area contributed by atoms with Crippen molar-refractivity contribution in [2.24, 2.45) is 0 Å². The molecule has 0 amide bonds. The van der Waals surface area contributed by atoms with Crippen LogP contribution in [0.4, 0.5) is 8.78 Å². The molecule has 0 saturated heterocycles. The fourth-order valence-corrected chi connectivity index (χ4v) is 2.91. The third kappa shape index (κ3) is 6.56. The van der Waals surface area contributed by atoms with Crippen molar-refractivity contribution >= 4 is 0 Å². The predicted molar refractivity (Wildman–Crippen MR) is 105 cm³/mol. The fraction of sp³-hybridized carbons (Fsp3) is 0.545. The van der Waals surface area contributed by atoms with Crippen LogP contribution in [0.25, 0.3) is 11.4 Å². The third-order valence-electron chi connectivity index (χ3n) is 4.57. The van der Waals surface area contributed by atoms with Gasteiger partial charge in [0, 0.05) is 12.4 Å². The van der Waals surface area contributed by atoms with Crippen molar-refractivity contribution in [3.05, 3.63) is 41.7 Å². The molecule has 0 N–H and O–H groups in total. The van der Waals surface area contributed by atoms with E-state index >= 15 is 0 Å². The SMILES string of the molecule is CCCCCCOc1ccc(-c2ncc(CCCCCC)cn2)c(F)c1F. The van der Waals surface area contributed by atoms with Crippen molar-refractivity contribution in [1.29, 1.82) is 0 Å². The van der Waals surface area contributed by atoms with Crippen LogP contribution in [0, 0.1) is 11.6 Å². The molecule has 0 spiro atoms. The lowest BCUT2D eigenvalue weighted by molar-refractivity contribution is 0.285. The lowest BCUT2D eigenvalue weighted by atomic mass is 10.1. The molecule has 0 saturated carbocycles. The molecule has 2 rings (SSSR count). The van der Waals surface area contributed by atoms with Gasteiger partial charge in [0.1, 0.15) is 0 Å². The first-order valence-electron chi connectivity index (χ1n) is 10.1. The number of nitrogens with zero attached hydrogens (tertiary/aromatic N) is 2. The van der Waals surface area contributed by atoms with E-state index in [9.17, 15) is 8.78 Å². The van der Waals surface area contributed by atoms with Gasteiger partial charge in [-0.2, -0.15) is 4.39 Å². The second-order valence-electron chi connectivity index (χ2n) is 6.87. The van der Waals surface area contributed by atoms with Gasteiger partial charge < -0.3 is 4.74 Å². The summed E-state index contributed by atoms with van der Waals surface area (Å²) in [5, 5.41) is 0. The quantitative estimate of drug-likeness (QED) is 0.396. The van der Waals surface area contributed by atoms with Gasteiger partial charge in [0.25, 0.3) is 0 Å². The van der Waals surface area contributed by atoms with E-state index in [-0.39, 0.29) is 17.1 Å². The summed E-state index contributed by atoms with van der Waals surface area (Å²) in [4.78, 5) is 8.43. The molecule has 0 aliphatic heterocycles. The minimum atomic E-state index is -0.977. The smallest absolute Gasteiger partial charge is 0.201 e. The minimum absolute atomic E-state index is 0.0553. The van der Waals surface area contributed by atoms with E-state index in [0.29, 0.717) is 6.61 Å². The average Bonchev–Trinajstić information content (AvgIpc) is 2.69. The zero-order chi connectivity index (χ0) is 19.5. The summed E-state index contributed by atoms with van der Waals surface area (Å²) >= 11 is 0. The highest BCUT2D eigenvalue weighted by Crippen LogP contribution is 2.28. The number of halogens is 2. The highest BCUT2D eigenvalue weighted by atomic mass is 19.2. The van der Waals surface area contributed by atoms with Crippen LogP contribution in [0.5, 0.6) is 5.75 Å². The van der Waals surface area contributed by atoms with Crippen LogP contribution in [0.3, 0.4) is 0 Å². The summed E-state index contributed by atoms with van der Waals surface area (Å²) in [6.07, 6.45) is 13.1. The molecule has 27 heavy (non-hydrogen) atoms. The van der Waals surface area contributed by atoms with E-state index in [4.69, 9.17) is 4.74 Å². The summed E-state index contributed by atoms with van der Waals surface area (Å²) in [7, 11) is 0. The van der Waals surface area contributed by atoms with Gasteiger partial charge in [0.05, 0.1) is 12.2 Å². The van der Waals surface area contributed by atoms with Crippen molar-refractivity contribution in [2.45, 2.75) is 71.6 Å². The number of rotatable bonds is 12. The molecule has 0 aliphatic rings. The van der Waals surface area contributed by atoms with Gasteiger partial charge in [-0.05, 0) is 37.0 Å². The molecule has 0 fully saturated rings. The first kappa shape index (κ1) is 21.3. The highest BCUT2D eigenvalue weighted by molar-refractivity contribution is 5.57. The molecule has 0 bridgehead atoms. The van der Waals surface area contributed by atoms with Gasteiger partial charge >= 0.3 is 0 Å². The third-order valence-corrected chi connectivity index (χ3v) is 4.57. The van der Waals surface area contributed by atoms with Crippen LogP contribution in [0.2, 0.25) is 0 Å². The second kappa shape index (κ2) is 11.6. The number of hydrogen-bond acceptors (Lipinski definition) is 3. The van der Waals surface area contributed by atoms with Gasteiger partial charge in [-0.3, -0.25) is 0 Å². The Hall–Kier alpha value is -2.04. The van der Waals surface area contributed by atoms with Gasteiger partial charge in [-0.1, -0.05) is 52.4 Å². The predicted octanol–water partition coefficient (Wildman–Crippen LogP) is 6.50. The Balaban J connectivity index is 1.98. The van der Waals surface area contributed by atoms with Crippen LogP contribution in [-0.4, -0.2) is 16.6 Å². The van der Waals surface area contributed by atoms with Crippen molar-refractivity contribution < 1.29 is 13.5 Å². The number of aryl methyl sites for hydroxylation is 1. The summed E-state index contributed by atoms with van der Waals surface area (Å²) in [6, 6.07) is 2.94. The first-order chi connectivity index (χ1) is 13.2. The summed E-state index contributed by atoms with van der Waals surface area (Å²) in [6.45, 7) is 4.68. The number of unbranched alkanes of at least 4 members (excludes halogenated alkanes) is 6. The lowest BCUT2D eigenvalue weighted by Crippen LogP contribution is -2.02. The highest BCUT2D eigenvalue weighted by Gasteiger charge is 2.17. The van der Waals surface area contributed by atoms with E-state index in [1.165, 1.54) is 31.4 Å². The molecular formula is C22H30F2N2O. The van der Waals surface area contributed by atoms with E-state index in [2.05, 4.69) is 23.8 Å². The Morgan fingerprint density at radius 3 is 2.15 bits per heavy atom. The molecule has 1 heterocycles. The molecule has 5 heteroatoms. The van der Waals surface area contributed by atoms with E-state index in [1.54, 1.807) is 12.4 Å². The Bertz CT molecular complexity index is 689. The monoisotopic (exact) mass is 376 g/mol. The lowest BCUT2D eigenvalue weighted by Gasteiger charge is -2.10. The molecule has 1 aromatic heterocycles. The number of ether oxygens (including phenoxy) is 1. The standard InChI is InChI=1S/C22H30F2N2O/c1-3-5-7-9-11-17-15-25-22(26-16-17)18-12-13-19(21(24)20(18)23)27-14-10-8-6-4-2/h12-13,15-16H,3-11,14H2,1-2H3. The Morgan fingerprint density at radius 2 is 1.48 bits per heavy atom. The maximum absolute atomic E-state index is 14.4. The zero-order valence-electron chi connectivity index (χ0n) is 16.4. The second-order valence-corrected chi connectivity index (χ2v) is 6.87. The first-order valence-corrected chi connectivity index (χ1v) is 10.1. The molecule has 148 valence electrons. The molecule has 0 unspecified atom stereocenters. The molecule has 0 radical (unpaired) electrons. The van der Waals surface area contributed by atoms with Crippen molar-refractivity contribution in [2.75, 3.05) is 6.61 Å². The Kier molecular flexibility index (Phi) is 9.16. The van der Waals surface area contributed by atoms with E-state index in [1.807, 2.05) is 0 Å². The summed E-state index contributed by atoms with van der Waals surface area (Å²) in [5.74, 6) is -1.80. The van der Waals surface area contributed by atoms with Gasteiger partial charge in [-0.15, -0.1) is 0 Å². The fourth-order valence-electron chi connectivity index (χ4n) is 2.91. The molecular weight excluding hydrogens is 346 g/mol. The molecule has 0 atom stereocenters. The van der Waals surface area contributed by atoms with E-state index in [0.717, 1.165) is 44.1 Å². The number of benzene rings is 1. The van der Waals surface area contributed by atoms with Crippen LogP contribution >= 0.6 is 0 Å². The maximum Gasteiger partial charge on any atom is 0.201 e. The average molecular weight is 376 g/mol. The van der Waals surface area contributed by atoms with Crippen LogP contribution < -0.4 is 4.74 Å².